The van der Waals surface area contributed by atoms with Crippen LogP contribution in [0, 0.1) is 0 Å². The number of benzene rings is 1. The minimum atomic E-state index is 0.318. The first kappa shape index (κ1) is 13.5. The predicted molar refractivity (Wildman–Crippen MR) is 69.0 cm³/mol. The van der Waals surface area contributed by atoms with Gasteiger partial charge in [0.05, 0.1) is 11.4 Å². The Balaban J connectivity index is 2.42. The highest BCUT2D eigenvalue weighted by molar-refractivity contribution is 9.09. The van der Waals surface area contributed by atoms with Gasteiger partial charge in [-0.2, -0.15) is 0 Å². The van der Waals surface area contributed by atoms with Crippen LogP contribution in [0.1, 0.15) is 5.56 Å². The summed E-state index contributed by atoms with van der Waals surface area (Å²) in [5.74, 6) is 0.318. The first-order valence-electron chi connectivity index (χ1n) is 5.21. The summed E-state index contributed by atoms with van der Waals surface area (Å²) in [6.45, 7) is 2.42. The first-order chi connectivity index (χ1) is 7.61. The van der Waals surface area contributed by atoms with Crippen LogP contribution in [0.2, 0.25) is 0 Å². The molecule has 0 saturated heterocycles. The van der Waals surface area contributed by atoms with E-state index in [0.29, 0.717) is 17.2 Å². The normalized spacial score (nSPS) is 13.0. The zero-order valence-corrected chi connectivity index (χ0v) is 11.3. The van der Waals surface area contributed by atoms with Crippen LogP contribution >= 0.6 is 15.9 Å². The van der Waals surface area contributed by atoms with E-state index in [9.17, 15) is 5.11 Å². The van der Waals surface area contributed by atoms with E-state index in [4.69, 9.17) is 4.74 Å². The number of nitrogens with zero attached hydrogens (tertiary/aromatic N) is 1. The van der Waals surface area contributed by atoms with Gasteiger partial charge in [-0.05, 0) is 24.7 Å². The van der Waals surface area contributed by atoms with E-state index in [-0.39, 0.29) is 0 Å². The van der Waals surface area contributed by atoms with Crippen molar-refractivity contribution in [3.05, 3.63) is 29.8 Å². The van der Waals surface area contributed by atoms with Crippen molar-refractivity contribution >= 4 is 15.9 Å². The third kappa shape index (κ3) is 4.96. The SMILES string of the molecule is COCC(Br)CN(C)Cc1cccc(O)c1. The molecular weight excluding hydrogens is 270 g/mol. The largest absolute Gasteiger partial charge is 0.508 e. The number of phenolic OH excluding ortho intramolecular Hbond substituents is 1. The molecule has 0 amide bonds. The van der Waals surface area contributed by atoms with Crippen LogP contribution in [0.3, 0.4) is 0 Å². The number of alkyl halides is 1. The monoisotopic (exact) mass is 287 g/mol. The molecule has 1 N–H and O–H groups in total. The number of halogens is 1. The second-order valence-corrected chi connectivity index (χ2v) is 5.21. The minimum Gasteiger partial charge on any atom is -0.508 e. The van der Waals surface area contributed by atoms with Gasteiger partial charge in [0.25, 0.3) is 0 Å². The maximum Gasteiger partial charge on any atom is 0.115 e. The Hall–Kier alpha value is -0.580. The Morgan fingerprint density at radius 3 is 2.88 bits per heavy atom. The van der Waals surface area contributed by atoms with Gasteiger partial charge < -0.3 is 14.7 Å². The van der Waals surface area contributed by atoms with E-state index >= 15 is 0 Å². The third-order valence-corrected chi connectivity index (χ3v) is 2.77. The van der Waals surface area contributed by atoms with E-state index in [2.05, 4.69) is 20.8 Å². The van der Waals surface area contributed by atoms with Gasteiger partial charge in [0.1, 0.15) is 5.75 Å². The van der Waals surface area contributed by atoms with Crippen molar-refractivity contribution in [3.63, 3.8) is 0 Å². The highest BCUT2D eigenvalue weighted by Crippen LogP contribution is 2.13. The fourth-order valence-electron chi connectivity index (χ4n) is 1.60. The highest BCUT2D eigenvalue weighted by Gasteiger charge is 2.08. The van der Waals surface area contributed by atoms with E-state index in [0.717, 1.165) is 18.7 Å². The fraction of sp³-hybridized carbons (Fsp3) is 0.500. The van der Waals surface area contributed by atoms with Gasteiger partial charge in [-0.15, -0.1) is 0 Å². The van der Waals surface area contributed by atoms with Gasteiger partial charge >= 0.3 is 0 Å². The quantitative estimate of drug-likeness (QED) is 0.815. The van der Waals surface area contributed by atoms with Gasteiger partial charge in [0.2, 0.25) is 0 Å². The lowest BCUT2D eigenvalue weighted by Gasteiger charge is -2.19. The van der Waals surface area contributed by atoms with E-state index in [1.165, 1.54) is 0 Å². The molecule has 0 spiro atoms. The Labute approximate surface area is 105 Å². The van der Waals surface area contributed by atoms with Crippen molar-refractivity contribution in [3.8, 4) is 5.75 Å². The van der Waals surface area contributed by atoms with Gasteiger partial charge in [0, 0.05) is 20.2 Å². The number of ether oxygens (including phenoxy) is 1. The summed E-state index contributed by atoms with van der Waals surface area (Å²) < 4.78 is 5.06. The second kappa shape index (κ2) is 6.89. The molecule has 1 atom stereocenters. The maximum absolute atomic E-state index is 9.34. The molecular formula is C12H18BrNO2. The number of phenols is 1. The summed E-state index contributed by atoms with van der Waals surface area (Å²) in [5, 5.41) is 9.34. The van der Waals surface area contributed by atoms with E-state index in [1.54, 1.807) is 19.2 Å². The van der Waals surface area contributed by atoms with Crippen LogP contribution in [-0.4, -0.2) is 42.1 Å². The third-order valence-electron chi connectivity index (χ3n) is 2.22. The van der Waals surface area contributed by atoms with Crippen molar-refractivity contribution < 1.29 is 9.84 Å². The van der Waals surface area contributed by atoms with Crippen LogP contribution in [0.4, 0.5) is 0 Å². The molecule has 0 heterocycles. The van der Waals surface area contributed by atoms with Gasteiger partial charge in [-0.25, -0.2) is 0 Å². The molecule has 90 valence electrons. The van der Waals surface area contributed by atoms with Gasteiger partial charge in [-0.3, -0.25) is 0 Å². The Morgan fingerprint density at radius 1 is 1.50 bits per heavy atom. The van der Waals surface area contributed by atoms with Crippen molar-refractivity contribution in [2.45, 2.75) is 11.4 Å². The van der Waals surface area contributed by atoms with Gasteiger partial charge in [-0.1, -0.05) is 28.1 Å². The minimum absolute atomic E-state index is 0.318. The molecule has 0 aromatic heterocycles. The average molecular weight is 288 g/mol. The van der Waals surface area contributed by atoms with Crippen molar-refractivity contribution in [1.29, 1.82) is 0 Å². The average Bonchev–Trinajstić information content (AvgIpc) is 2.17. The molecule has 4 heteroatoms. The fourth-order valence-corrected chi connectivity index (χ4v) is 2.36. The van der Waals surface area contributed by atoms with Crippen LogP contribution in [-0.2, 0) is 11.3 Å². The van der Waals surface area contributed by atoms with Crippen molar-refractivity contribution in [2.24, 2.45) is 0 Å². The summed E-state index contributed by atoms with van der Waals surface area (Å²) in [5.41, 5.74) is 1.11. The molecule has 0 saturated carbocycles. The highest BCUT2D eigenvalue weighted by atomic mass is 79.9. The molecule has 0 bridgehead atoms. The molecule has 1 aromatic carbocycles. The molecule has 3 nitrogen and oxygen atoms in total. The molecule has 0 aliphatic carbocycles. The lowest BCUT2D eigenvalue weighted by Crippen LogP contribution is -2.27. The molecule has 0 aliphatic heterocycles. The second-order valence-electron chi connectivity index (χ2n) is 3.92. The standard InChI is InChI=1S/C12H18BrNO2/c1-14(8-11(13)9-16-2)7-10-4-3-5-12(15)6-10/h3-6,11,15H,7-9H2,1-2H3. The Bertz CT molecular complexity index is 320. The lowest BCUT2D eigenvalue weighted by molar-refractivity contribution is 0.185. The number of methoxy groups -OCH3 is 1. The Kier molecular flexibility index (Phi) is 5.80. The lowest BCUT2D eigenvalue weighted by atomic mass is 10.2. The zero-order chi connectivity index (χ0) is 12.0. The molecule has 1 unspecified atom stereocenters. The number of aromatic hydroxyl groups is 1. The van der Waals surface area contributed by atoms with Crippen molar-refractivity contribution in [2.75, 3.05) is 27.3 Å². The topological polar surface area (TPSA) is 32.7 Å². The Morgan fingerprint density at radius 2 is 2.25 bits per heavy atom. The smallest absolute Gasteiger partial charge is 0.115 e. The molecule has 1 rings (SSSR count). The number of hydrogen-bond acceptors (Lipinski definition) is 3. The molecule has 1 aromatic rings. The predicted octanol–water partition coefficient (Wildman–Crippen LogP) is 2.23. The summed E-state index contributed by atoms with van der Waals surface area (Å²) in [6.07, 6.45) is 0. The first-order valence-corrected chi connectivity index (χ1v) is 6.13. The maximum atomic E-state index is 9.34. The van der Waals surface area contributed by atoms with E-state index < -0.39 is 0 Å². The number of hydrogen-bond donors (Lipinski definition) is 1. The van der Waals surface area contributed by atoms with Crippen LogP contribution in [0.25, 0.3) is 0 Å². The number of rotatable bonds is 6. The summed E-state index contributed by atoms with van der Waals surface area (Å²) in [4.78, 5) is 2.52. The molecule has 16 heavy (non-hydrogen) atoms. The van der Waals surface area contributed by atoms with Crippen LogP contribution in [0.15, 0.2) is 24.3 Å². The van der Waals surface area contributed by atoms with Crippen LogP contribution in [0.5, 0.6) is 5.75 Å². The summed E-state index contributed by atoms with van der Waals surface area (Å²) >= 11 is 3.55. The molecule has 0 aliphatic rings. The summed E-state index contributed by atoms with van der Waals surface area (Å²) in [7, 11) is 3.75. The molecule has 0 radical (unpaired) electrons. The van der Waals surface area contributed by atoms with Gasteiger partial charge in [0.15, 0.2) is 0 Å². The molecule has 0 fully saturated rings. The van der Waals surface area contributed by atoms with Crippen molar-refractivity contribution in [1.82, 2.24) is 4.90 Å². The summed E-state index contributed by atoms with van der Waals surface area (Å²) in [6, 6.07) is 7.34. The zero-order valence-electron chi connectivity index (χ0n) is 9.69. The van der Waals surface area contributed by atoms with E-state index in [1.807, 2.05) is 19.2 Å². The van der Waals surface area contributed by atoms with Crippen LogP contribution < -0.4 is 0 Å².